The molecule has 1 N–H and O–H groups in total. The predicted molar refractivity (Wildman–Crippen MR) is 89.0 cm³/mol. The maximum Gasteiger partial charge on any atom is 0.414 e. The first-order valence-electron chi connectivity index (χ1n) is 7.70. The molecule has 0 spiro atoms. The number of ether oxygens (including phenoxy) is 2. The van der Waals surface area contributed by atoms with Crippen LogP contribution >= 0.6 is 0 Å². The fourth-order valence-electron chi connectivity index (χ4n) is 2.39. The number of amides is 2. The summed E-state index contributed by atoms with van der Waals surface area (Å²) in [5, 5.41) is 2.72. The van der Waals surface area contributed by atoms with E-state index in [2.05, 4.69) is 5.32 Å². The van der Waals surface area contributed by atoms with Crippen LogP contribution in [0.1, 0.15) is 0 Å². The van der Waals surface area contributed by atoms with E-state index < -0.39 is 6.09 Å². The van der Waals surface area contributed by atoms with Gasteiger partial charge in [-0.1, -0.05) is 36.4 Å². The van der Waals surface area contributed by atoms with Gasteiger partial charge in [-0.2, -0.15) is 0 Å². The van der Waals surface area contributed by atoms with Crippen LogP contribution < -0.4 is 15.0 Å². The zero-order chi connectivity index (χ0) is 16.8. The number of benzene rings is 2. The summed E-state index contributed by atoms with van der Waals surface area (Å²) in [7, 11) is 0. The summed E-state index contributed by atoms with van der Waals surface area (Å²) >= 11 is 0. The largest absolute Gasteiger partial charge is 0.484 e. The van der Waals surface area contributed by atoms with Crippen molar-refractivity contribution in [1.29, 1.82) is 0 Å². The van der Waals surface area contributed by atoms with E-state index in [-0.39, 0.29) is 25.2 Å². The van der Waals surface area contributed by atoms with Crippen molar-refractivity contribution in [2.45, 2.75) is 6.10 Å². The Labute approximate surface area is 140 Å². The number of anilines is 1. The van der Waals surface area contributed by atoms with Crippen LogP contribution in [0.15, 0.2) is 60.7 Å². The molecule has 6 heteroatoms. The lowest BCUT2D eigenvalue weighted by Gasteiger charge is -2.13. The van der Waals surface area contributed by atoms with Crippen molar-refractivity contribution in [3.05, 3.63) is 60.7 Å². The minimum atomic E-state index is -0.402. The lowest BCUT2D eigenvalue weighted by Crippen LogP contribution is -2.37. The molecule has 2 aromatic carbocycles. The molecule has 1 fully saturated rings. The topological polar surface area (TPSA) is 67.9 Å². The number of para-hydroxylation sites is 2. The number of carbonyl (C=O) groups is 2. The predicted octanol–water partition coefficient (Wildman–Crippen LogP) is 2.21. The van der Waals surface area contributed by atoms with Crippen LogP contribution in [0.5, 0.6) is 5.75 Å². The van der Waals surface area contributed by atoms with E-state index in [0.717, 1.165) is 5.69 Å². The Morgan fingerprint density at radius 3 is 2.50 bits per heavy atom. The van der Waals surface area contributed by atoms with Crippen molar-refractivity contribution in [3.63, 3.8) is 0 Å². The third-order valence-corrected chi connectivity index (χ3v) is 3.58. The van der Waals surface area contributed by atoms with E-state index in [9.17, 15) is 9.59 Å². The summed E-state index contributed by atoms with van der Waals surface area (Å²) in [4.78, 5) is 25.3. The maximum absolute atomic E-state index is 11.9. The lowest BCUT2D eigenvalue weighted by molar-refractivity contribution is -0.123. The van der Waals surface area contributed by atoms with Crippen molar-refractivity contribution in [2.24, 2.45) is 0 Å². The highest BCUT2D eigenvalue weighted by Gasteiger charge is 2.32. The molecule has 2 amide bonds. The second-order valence-corrected chi connectivity index (χ2v) is 5.36. The first-order chi connectivity index (χ1) is 11.7. The second-order valence-electron chi connectivity index (χ2n) is 5.36. The number of carbonyl (C=O) groups excluding carboxylic acids is 2. The normalized spacial score (nSPS) is 16.6. The number of nitrogens with one attached hydrogen (secondary N) is 1. The Balaban J connectivity index is 1.44. The lowest BCUT2D eigenvalue weighted by atomic mass is 10.2. The molecule has 0 aromatic heterocycles. The Morgan fingerprint density at radius 2 is 1.79 bits per heavy atom. The summed E-state index contributed by atoms with van der Waals surface area (Å²) in [6, 6.07) is 18.4. The number of cyclic esters (lactones) is 1. The molecular weight excluding hydrogens is 308 g/mol. The van der Waals surface area contributed by atoms with Gasteiger partial charge < -0.3 is 14.8 Å². The minimum absolute atomic E-state index is 0.0763. The van der Waals surface area contributed by atoms with Gasteiger partial charge in [0.1, 0.15) is 11.9 Å². The van der Waals surface area contributed by atoms with Gasteiger partial charge in [0.05, 0.1) is 13.1 Å². The van der Waals surface area contributed by atoms with Crippen LogP contribution in [-0.2, 0) is 9.53 Å². The average molecular weight is 326 g/mol. The molecule has 0 saturated carbocycles. The number of rotatable bonds is 6. The van der Waals surface area contributed by atoms with E-state index >= 15 is 0 Å². The Kier molecular flexibility index (Phi) is 4.96. The van der Waals surface area contributed by atoms with Gasteiger partial charge in [-0.25, -0.2) is 4.79 Å². The van der Waals surface area contributed by atoms with Crippen molar-refractivity contribution in [1.82, 2.24) is 5.32 Å². The van der Waals surface area contributed by atoms with Gasteiger partial charge in [-0.05, 0) is 24.3 Å². The quantitative estimate of drug-likeness (QED) is 0.884. The molecule has 1 aliphatic rings. The number of nitrogens with zero attached hydrogens (tertiary/aromatic N) is 1. The minimum Gasteiger partial charge on any atom is -0.484 e. The molecule has 0 bridgehead atoms. The summed E-state index contributed by atoms with van der Waals surface area (Å²) < 4.78 is 10.6. The van der Waals surface area contributed by atoms with Gasteiger partial charge in [0.25, 0.3) is 5.91 Å². The Hall–Kier alpha value is -3.02. The second kappa shape index (κ2) is 7.50. The van der Waals surface area contributed by atoms with Gasteiger partial charge >= 0.3 is 6.09 Å². The van der Waals surface area contributed by atoms with Crippen molar-refractivity contribution < 1.29 is 19.1 Å². The molecule has 0 aliphatic carbocycles. The first kappa shape index (κ1) is 15.9. The zero-order valence-electron chi connectivity index (χ0n) is 13.1. The zero-order valence-corrected chi connectivity index (χ0v) is 13.1. The van der Waals surface area contributed by atoms with Crippen LogP contribution in [0.3, 0.4) is 0 Å². The van der Waals surface area contributed by atoms with E-state index in [0.29, 0.717) is 12.3 Å². The van der Waals surface area contributed by atoms with Crippen LogP contribution in [-0.4, -0.2) is 37.8 Å². The molecule has 124 valence electrons. The molecule has 6 nitrogen and oxygen atoms in total. The highest BCUT2D eigenvalue weighted by molar-refractivity contribution is 5.89. The van der Waals surface area contributed by atoms with E-state index in [4.69, 9.17) is 9.47 Å². The van der Waals surface area contributed by atoms with Crippen LogP contribution in [0.4, 0.5) is 10.5 Å². The summed E-state index contributed by atoms with van der Waals surface area (Å²) in [6.07, 6.45) is -0.778. The third kappa shape index (κ3) is 4.04. The van der Waals surface area contributed by atoms with E-state index in [1.54, 1.807) is 17.0 Å². The number of hydrogen-bond acceptors (Lipinski definition) is 4. The summed E-state index contributed by atoms with van der Waals surface area (Å²) in [6.45, 7) is 0.585. The molecule has 1 aliphatic heterocycles. The van der Waals surface area contributed by atoms with Gasteiger partial charge in [0, 0.05) is 5.69 Å². The number of hydrogen-bond donors (Lipinski definition) is 1. The van der Waals surface area contributed by atoms with Gasteiger partial charge in [-0.3, -0.25) is 9.69 Å². The molecule has 0 unspecified atom stereocenters. The SMILES string of the molecule is O=C(COc1ccccc1)NC[C@@H]1CN(c2ccccc2)C(=O)O1. The van der Waals surface area contributed by atoms with E-state index in [1.807, 2.05) is 48.5 Å². The van der Waals surface area contributed by atoms with Gasteiger partial charge in [0.15, 0.2) is 6.61 Å². The fraction of sp³-hybridized carbons (Fsp3) is 0.222. The standard InChI is InChI=1S/C18H18N2O4/c21-17(13-23-15-9-5-2-6-10-15)19-11-16-12-20(18(22)24-16)14-7-3-1-4-8-14/h1-10,16H,11-13H2,(H,19,21)/t16-/m1/s1. The average Bonchev–Trinajstić information content (AvgIpc) is 3.00. The van der Waals surface area contributed by atoms with Crippen molar-refractivity contribution in [2.75, 3.05) is 24.6 Å². The van der Waals surface area contributed by atoms with Crippen molar-refractivity contribution >= 4 is 17.7 Å². The third-order valence-electron chi connectivity index (χ3n) is 3.58. The molecule has 2 aromatic rings. The molecule has 1 atom stereocenters. The monoisotopic (exact) mass is 326 g/mol. The molecule has 0 radical (unpaired) electrons. The van der Waals surface area contributed by atoms with Crippen LogP contribution in [0.2, 0.25) is 0 Å². The Bertz CT molecular complexity index is 691. The fourth-order valence-corrected chi connectivity index (χ4v) is 2.39. The highest BCUT2D eigenvalue weighted by Crippen LogP contribution is 2.20. The maximum atomic E-state index is 11.9. The molecule has 3 rings (SSSR count). The van der Waals surface area contributed by atoms with E-state index in [1.165, 1.54) is 0 Å². The van der Waals surface area contributed by atoms with Gasteiger partial charge in [-0.15, -0.1) is 0 Å². The summed E-state index contributed by atoms with van der Waals surface area (Å²) in [5.74, 6) is 0.378. The Morgan fingerprint density at radius 1 is 1.12 bits per heavy atom. The molecule has 24 heavy (non-hydrogen) atoms. The smallest absolute Gasteiger partial charge is 0.414 e. The van der Waals surface area contributed by atoms with Crippen molar-refractivity contribution in [3.8, 4) is 5.75 Å². The first-order valence-corrected chi connectivity index (χ1v) is 7.70. The molecule has 1 heterocycles. The van der Waals surface area contributed by atoms with Crippen LogP contribution in [0.25, 0.3) is 0 Å². The highest BCUT2D eigenvalue weighted by atomic mass is 16.6. The molecule has 1 saturated heterocycles. The molecular formula is C18H18N2O4. The van der Waals surface area contributed by atoms with Gasteiger partial charge in [0.2, 0.25) is 0 Å². The van der Waals surface area contributed by atoms with Crippen LogP contribution in [0, 0.1) is 0 Å². The summed E-state index contributed by atoms with van der Waals surface area (Å²) in [5.41, 5.74) is 0.781.